The number of hydrogen-bond acceptors (Lipinski definition) is 5. The molecule has 0 aromatic heterocycles. The lowest BCUT2D eigenvalue weighted by Gasteiger charge is -2.35. The third-order valence-corrected chi connectivity index (χ3v) is 6.14. The van der Waals surface area contributed by atoms with Gasteiger partial charge in [0.1, 0.15) is 11.8 Å². The quantitative estimate of drug-likeness (QED) is 0.684. The Bertz CT molecular complexity index is 1040. The molecule has 1 atom stereocenters. The largest absolute Gasteiger partial charge is 0.494 e. The van der Waals surface area contributed by atoms with Gasteiger partial charge in [0, 0.05) is 24.7 Å². The second-order valence-electron chi connectivity index (χ2n) is 8.23. The van der Waals surface area contributed by atoms with E-state index in [9.17, 15) is 19.2 Å². The van der Waals surface area contributed by atoms with E-state index in [1.54, 1.807) is 60.4 Å². The molecule has 0 aliphatic carbocycles. The van der Waals surface area contributed by atoms with Gasteiger partial charge in [0.15, 0.2) is 0 Å². The number of ether oxygens (including phenoxy) is 1. The third kappa shape index (κ3) is 4.46. The van der Waals surface area contributed by atoms with Crippen molar-refractivity contribution in [2.75, 3.05) is 19.7 Å². The summed E-state index contributed by atoms with van der Waals surface area (Å²) < 4.78 is 5.40. The Morgan fingerprint density at radius 3 is 2.12 bits per heavy atom. The second kappa shape index (κ2) is 9.44. The van der Waals surface area contributed by atoms with Gasteiger partial charge in [0.25, 0.3) is 17.7 Å². The summed E-state index contributed by atoms with van der Waals surface area (Å²) >= 11 is 0. The molecular formula is C25H27N3O5. The smallest absolute Gasteiger partial charge is 0.262 e. The molecule has 2 aromatic rings. The molecule has 0 bridgehead atoms. The average Bonchev–Trinajstić information content (AvgIpc) is 3.09. The van der Waals surface area contributed by atoms with Crippen LogP contribution in [-0.2, 0) is 4.79 Å². The normalized spacial score (nSPS) is 17.0. The highest BCUT2D eigenvalue weighted by Gasteiger charge is 2.42. The fourth-order valence-corrected chi connectivity index (χ4v) is 4.32. The topological polar surface area (TPSA) is 96.0 Å². The summed E-state index contributed by atoms with van der Waals surface area (Å²) in [6.45, 7) is 4.94. The molecule has 1 unspecified atom stereocenters. The summed E-state index contributed by atoms with van der Waals surface area (Å²) in [5, 5.41) is 3.02. The van der Waals surface area contributed by atoms with Crippen molar-refractivity contribution in [2.45, 2.75) is 38.8 Å². The highest BCUT2D eigenvalue weighted by molar-refractivity contribution is 6.22. The van der Waals surface area contributed by atoms with Crippen LogP contribution in [0.4, 0.5) is 0 Å². The second-order valence-corrected chi connectivity index (χ2v) is 8.23. The number of nitrogens with one attached hydrogen (secondary N) is 1. The van der Waals surface area contributed by atoms with Crippen molar-refractivity contribution in [3.63, 3.8) is 0 Å². The zero-order chi connectivity index (χ0) is 23.5. The van der Waals surface area contributed by atoms with Crippen molar-refractivity contribution in [3.8, 4) is 5.75 Å². The SMILES string of the molecule is CCOc1ccc(C(=O)NC2CCN(C(=O)C(C)N3C(=O)c4ccccc4C3=O)CC2)cc1. The maximum Gasteiger partial charge on any atom is 0.262 e. The molecule has 1 N–H and O–H groups in total. The molecule has 172 valence electrons. The van der Waals surface area contributed by atoms with Gasteiger partial charge in [0.2, 0.25) is 5.91 Å². The number of piperidine rings is 1. The fraction of sp³-hybridized carbons (Fsp3) is 0.360. The van der Waals surface area contributed by atoms with Gasteiger partial charge < -0.3 is 15.0 Å². The van der Waals surface area contributed by atoms with Gasteiger partial charge in [-0.2, -0.15) is 0 Å². The molecule has 2 aromatic carbocycles. The summed E-state index contributed by atoms with van der Waals surface area (Å²) in [5.74, 6) is -0.584. The monoisotopic (exact) mass is 449 g/mol. The summed E-state index contributed by atoms with van der Waals surface area (Å²) in [7, 11) is 0. The number of carbonyl (C=O) groups excluding carboxylic acids is 4. The first-order valence-corrected chi connectivity index (χ1v) is 11.2. The van der Waals surface area contributed by atoms with E-state index in [0.29, 0.717) is 55.0 Å². The van der Waals surface area contributed by atoms with Crippen LogP contribution in [0.1, 0.15) is 57.8 Å². The van der Waals surface area contributed by atoms with Crippen molar-refractivity contribution >= 4 is 23.6 Å². The van der Waals surface area contributed by atoms with Crippen LogP contribution in [-0.4, -0.2) is 65.2 Å². The Morgan fingerprint density at radius 2 is 1.58 bits per heavy atom. The van der Waals surface area contributed by atoms with E-state index in [4.69, 9.17) is 4.74 Å². The predicted molar refractivity (Wildman–Crippen MR) is 121 cm³/mol. The first kappa shape index (κ1) is 22.5. The van der Waals surface area contributed by atoms with Gasteiger partial charge in [0.05, 0.1) is 17.7 Å². The van der Waals surface area contributed by atoms with E-state index in [1.165, 1.54) is 0 Å². The number of carbonyl (C=O) groups is 4. The van der Waals surface area contributed by atoms with E-state index < -0.39 is 17.9 Å². The Labute approximate surface area is 192 Å². The van der Waals surface area contributed by atoms with E-state index in [0.717, 1.165) is 4.90 Å². The molecule has 2 aliphatic rings. The van der Waals surface area contributed by atoms with Crippen molar-refractivity contribution in [2.24, 2.45) is 0 Å². The zero-order valence-electron chi connectivity index (χ0n) is 18.7. The number of nitrogens with zero attached hydrogens (tertiary/aromatic N) is 2. The Hall–Kier alpha value is -3.68. The maximum atomic E-state index is 13.0. The molecule has 0 saturated carbocycles. The summed E-state index contributed by atoms with van der Waals surface area (Å²) in [6, 6.07) is 12.6. The van der Waals surface area contributed by atoms with Crippen molar-refractivity contribution < 1.29 is 23.9 Å². The number of imide groups is 1. The molecule has 33 heavy (non-hydrogen) atoms. The summed E-state index contributed by atoms with van der Waals surface area (Å²) in [6.07, 6.45) is 1.20. The van der Waals surface area contributed by atoms with Crippen LogP contribution in [0, 0.1) is 0 Å². The maximum absolute atomic E-state index is 13.0. The van der Waals surface area contributed by atoms with Gasteiger partial charge in [-0.25, -0.2) is 0 Å². The molecular weight excluding hydrogens is 422 g/mol. The lowest BCUT2D eigenvalue weighted by atomic mass is 10.0. The Balaban J connectivity index is 1.31. The van der Waals surface area contributed by atoms with Gasteiger partial charge in [-0.3, -0.25) is 24.1 Å². The molecule has 8 nitrogen and oxygen atoms in total. The first-order chi connectivity index (χ1) is 15.9. The van der Waals surface area contributed by atoms with Gasteiger partial charge in [-0.15, -0.1) is 0 Å². The third-order valence-electron chi connectivity index (χ3n) is 6.14. The van der Waals surface area contributed by atoms with Gasteiger partial charge in [-0.05, 0) is 63.1 Å². The molecule has 2 aliphatic heterocycles. The Morgan fingerprint density at radius 1 is 1.00 bits per heavy atom. The first-order valence-electron chi connectivity index (χ1n) is 11.2. The van der Waals surface area contributed by atoms with E-state index in [2.05, 4.69) is 5.32 Å². The lowest BCUT2D eigenvalue weighted by molar-refractivity contribution is -0.136. The number of fused-ring (bicyclic) bond motifs is 1. The lowest BCUT2D eigenvalue weighted by Crippen LogP contribution is -2.53. The van der Waals surface area contributed by atoms with Crippen LogP contribution < -0.4 is 10.1 Å². The van der Waals surface area contributed by atoms with Gasteiger partial charge in [-0.1, -0.05) is 12.1 Å². The van der Waals surface area contributed by atoms with Crippen molar-refractivity contribution in [1.29, 1.82) is 0 Å². The van der Waals surface area contributed by atoms with E-state index in [1.807, 2.05) is 6.92 Å². The summed E-state index contributed by atoms with van der Waals surface area (Å²) in [4.78, 5) is 53.7. The molecule has 0 spiro atoms. The zero-order valence-corrected chi connectivity index (χ0v) is 18.7. The van der Waals surface area contributed by atoms with Crippen LogP contribution in [0.5, 0.6) is 5.75 Å². The van der Waals surface area contributed by atoms with E-state index in [-0.39, 0.29) is 17.9 Å². The van der Waals surface area contributed by atoms with Crippen LogP contribution in [0.2, 0.25) is 0 Å². The molecule has 1 fully saturated rings. The van der Waals surface area contributed by atoms with Crippen molar-refractivity contribution in [1.82, 2.24) is 15.1 Å². The number of rotatable bonds is 6. The molecule has 1 saturated heterocycles. The van der Waals surface area contributed by atoms with Crippen LogP contribution >= 0.6 is 0 Å². The van der Waals surface area contributed by atoms with Crippen LogP contribution in [0.3, 0.4) is 0 Å². The average molecular weight is 450 g/mol. The molecule has 0 radical (unpaired) electrons. The Kier molecular flexibility index (Phi) is 6.44. The molecule has 2 heterocycles. The number of amides is 4. The van der Waals surface area contributed by atoms with E-state index >= 15 is 0 Å². The fourth-order valence-electron chi connectivity index (χ4n) is 4.32. The minimum Gasteiger partial charge on any atom is -0.494 e. The number of likely N-dealkylation sites (tertiary alicyclic amines) is 1. The molecule has 4 amide bonds. The number of benzene rings is 2. The predicted octanol–water partition coefficient (Wildman–Crippen LogP) is 2.49. The minimum atomic E-state index is -0.882. The minimum absolute atomic E-state index is 0.0530. The highest BCUT2D eigenvalue weighted by atomic mass is 16.5. The number of hydrogen-bond donors (Lipinski definition) is 1. The van der Waals surface area contributed by atoms with Crippen LogP contribution in [0.15, 0.2) is 48.5 Å². The standard InChI is InChI=1S/C25H27N3O5/c1-3-33-19-10-8-17(9-11-19)22(29)26-18-12-14-27(15-13-18)23(30)16(2)28-24(31)20-6-4-5-7-21(20)25(28)32/h4-11,16,18H,3,12-15H2,1-2H3,(H,26,29). The van der Waals surface area contributed by atoms with Crippen molar-refractivity contribution in [3.05, 3.63) is 65.2 Å². The molecule has 4 rings (SSSR count). The van der Waals surface area contributed by atoms with Crippen LogP contribution in [0.25, 0.3) is 0 Å². The highest BCUT2D eigenvalue weighted by Crippen LogP contribution is 2.25. The summed E-state index contributed by atoms with van der Waals surface area (Å²) in [5.41, 5.74) is 1.21. The van der Waals surface area contributed by atoms with Gasteiger partial charge >= 0.3 is 0 Å². The molecule has 8 heteroatoms.